The van der Waals surface area contributed by atoms with E-state index in [1.54, 1.807) is 4.31 Å². The third-order valence-corrected chi connectivity index (χ3v) is 6.15. The molecule has 2 aliphatic heterocycles. The molecule has 86 valence electrons. The van der Waals surface area contributed by atoms with Gasteiger partial charge in [-0.1, -0.05) is 12.8 Å². The first-order chi connectivity index (χ1) is 7.21. The first-order valence-corrected chi connectivity index (χ1v) is 7.35. The van der Waals surface area contributed by atoms with Gasteiger partial charge >= 0.3 is 0 Å². The van der Waals surface area contributed by atoms with E-state index >= 15 is 0 Å². The Morgan fingerprint density at radius 3 is 2.40 bits per heavy atom. The van der Waals surface area contributed by atoms with Gasteiger partial charge in [0.25, 0.3) is 0 Å². The van der Waals surface area contributed by atoms with Crippen LogP contribution >= 0.6 is 0 Å². The van der Waals surface area contributed by atoms with Crippen molar-refractivity contribution in [2.75, 3.05) is 6.61 Å². The van der Waals surface area contributed by atoms with Crippen molar-refractivity contribution >= 4 is 10.0 Å². The molecule has 2 saturated heterocycles. The summed E-state index contributed by atoms with van der Waals surface area (Å²) in [7, 11) is -3.04. The van der Waals surface area contributed by atoms with Gasteiger partial charge in [0.1, 0.15) is 6.23 Å². The van der Waals surface area contributed by atoms with Crippen molar-refractivity contribution in [3.05, 3.63) is 0 Å². The predicted molar refractivity (Wildman–Crippen MR) is 55.8 cm³/mol. The fourth-order valence-electron chi connectivity index (χ4n) is 2.88. The summed E-state index contributed by atoms with van der Waals surface area (Å²) in [5, 5.41) is -0.119. The summed E-state index contributed by atoms with van der Waals surface area (Å²) in [6.45, 7) is 0.720. The summed E-state index contributed by atoms with van der Waals surface area (Å²) in [6, 6.07) is 0.171. The van der Waals surface area contributed by atoms with Crippen LogP contribution in [-0.4, -0.2) is 36.8 Å². The van der Waals surface area contributed by atoms with E-state index in [1.807, 2.05) is 0 Å². The van der Waals surface area contributed by atoms with Crippen LogP contribution in [0.2, 0.25) is 0 Å². The van der Waals surface area contributed by atoms with E-state index in [1.165, 1.54) is 0 Å². The molecule has 3 fully saturated rings. The third-order valence-electron chi connectivity index (χ3n) is 3.77. The summed E-state index contributed by atoms with van der Waals surface area (Å²) in [6.07, 6.45) is 5.69. The maximum Gasteiger partial charge on any atom is 0.219 e. The summed E-state index contributed by atoms with van der Waals surface area (Å²) in [5.74, 6) is 0. The topological polar surface area (TPSA) is 46.4 Å². The van der Waals surface area contributed by atoms with Gasteiger partial charge in [-0.25, -0.2) is 8.42 Å². The zero-order valence-corrected chi connectivity index (χ0v) is 9.58. The molecule has 3 rings (SSSR count). The smallest absolute Gasteiger partial charge is 0.219 e. The van der Waals surface area contributed by atoms with Crippen LogP contribution in [0.4, 0.5) is 0 Å². The first kappa shape index (κ1) is 10.1. The highest BCUT2D eigenvalue weighted by atomic mass is 32.2. The molecule has 1 saturated carbocycles. The molecular weight excluding hydrogens is 214 g/mol. The minimum absolute atomic E-state index is 0.107. The number of nitrogens with zero attached hydrogens (tertiary/aromatic N) is 1. The highest BCUT2D eigenvalue weighted by Crippen LogP contribution is 2.43. The third kappa shape index (κ3) is 1.52. The van der Waals surface area contributed by atoms with Gasteiger partial charge in [-0.2, -0.15) is 4.31 Å². The molecule has 0 aromatic rings. The van der Waals surface area contributed by atoms with Gasteiger partial charge < -0.3 is 4.74 Å². The van der Waals surface area contributed by atoms with Crippen molar-refractivity contribution in [2.24, 2.45) is 0 Å². The second kappa shape index (κ2) is 3.43. The second-order valence-corrected chi connectivity index (χ2v) is 6.87. The van der Waals surface area contributed by atoms with Crippen molar-refractivity contribution in [1.82, 2.24) is 4.31 Å². The van der Waals surface area contributed by atoms with E-state index in [-0.39, 0.29) is 17.5 Å². The molecule has 0 aromatic heterocycles. The molecule has 3 atom stereocenters. The van der Waals surface area contributed by atoms with Gasteiger partial charge in [0.15, 0.2) is 0 Å². The van der Waals surface area contributed by atoms with Crippen molar-refractivity contribution < 1.29 is 13.2 Å². The number of ether oxygens (including phenoxy) is 1. The molecule has 5 heteroatoms. The number of hydrogen-bond acceptors (Lipinski definition) is 3. The zero-order chi connectivity index (χ0) is 10.5. The zero-order valence-electron chi connectivity index (χ0n) is 8.76. The van der Waals surface area contributed by atoms with Crippen LogP contribution in [0, 0.1) is 0 Å². The summed E-state index contributed by atoms with van der Waals surface area (Å²) in [4.78, 5) is 0. The fraction of sp³-hybridized carbons (Fsp3) is 1.00. The molecule has 0 amide bonds. The maximum absolute atomic E-state index is 12.2. The van der Waals surface area contributed by atoms with Crippen LogP contribution in [0.25, 0.3) is 0 Å². The molecule has 2 heterocycles. The van der Waals surface area contributed by atoms with E-state index in [0.717, 1.165) is 45.1 Å². The Morgan fingerprint density at radius 2 is 1.80 bits per heavy atom. The van der Waals surface area contributed by atoms with Crippen molar-refractivity contribution in [3.8, 4) is 0 Å². The Hall–Kier alpha value is -0.130. The average molecular weight is 231 g/mol. The quantitative estimate of drug-likeness (QED) is 0.668. The molecule has 4 nitrogen and oxygen atoms in total. The lowest BCUT2D eigenvalue weighted by molar-refractivity contribution is 0.0786. The van der Waals surface area contributed by atoms with E-state index in [9.17, 15) is 8.42 Å². The van der Waals surface area contributed by atoms with Gasteiger partial charge in [0.05, 0.1) is 11.3 Å². The molecular formula is C10H17NO3S. The molecule has 1 aliphatic carbocycles. The molecule has 1 unspecified atom stereocenters. The Bertz CT molecular complexity index is 336. The van der Waals surface area contributed by atoms with Crippen molar-refractivity contribution in [3.63, 3.8) is 0 Å². The maximum atomic E-state index is 12.2. The first-order valence-electron chi connectivity index (χ1n) is 5.85. The van der Waals surface area contributed by atoms with Crippen LogP contribution in [0.3, 0.4) is 0 Å². The second-order valence-electron chi connectivity index (χ2n) is 4.75. The Labute approximate surface area is 90.6 Å². The van der Waals surface area contributed by atoms with Crippen molar-refractivity contribution in [2.45, 2.75) is 56.0 Å². The van der Waals surface area contributed by atoms with Crippen molar-refractivity contribution in [1.29, 1.82) is 0 Å². The van der Waals surface area contributed by atoms with Gasteiger partial charge in [0, 0.05) is 6.61 Å². The minimum Gasteiger partial charge on any atom is -0.360 e. The summed E-state index contributed by atoms with van der Waals surface area (Å²) in [5.41, 5.74) is 0. The van der Waals surface area contributed by atoms with Crippen LogP contribution < -0.4 is 0 Å². The SMILES string of the molecule is O=S(=O)(C1CCCC1)N1[C@@H]2OCCC[C@@H]21. The summed E-state index contributed by atoms with van der Waals surface area (Å²) < 4.78 is 31.5. The monoisotopic (exact) mass is 231 g/mol. The highest BCUT2D eigenvalue weighted by Gasteiger charge is 2.58. The molecule has 0 bridgehead atoms. The molecule has 0 radical (unpaired) electrons. The molecule has 0 aromatic carbocycles. The van der Waals surface area contributed by atoms with Gasteiger partial charge in [0.2, 0.25) is 10.0 Å². The van der Waals surface area contributed by atoms with Crippen LogP contribution in [-0.2, 0) is 14.8 Å². The van der Waals surface area contributed by atoms with E-state index < -0.39 is 10.0 Å². The Balaban J connectivity index is 1.76. The lowest BCUT2D eigenvalue weighted by Crippen LogP contribution is -2.27. The van der Waals surface area contributed by atoms with E-state index in [0.29, 0.717) is 0 Å². The number of hydrogen-bond donors (Lipinski definition) is 0. The largest absolute Gasteiger partial charge is 0.360 e. The lowest BCUT2D eigenvalue weighted by atomic mass is 10.2. The van der Waals surface area contributed by atoms with E-state index in [4.69, 9.17) is 4.74 Å². The Morgan fingerprint density at radius 1 is 1.07 bits per heavy atom. The number of rotatable bonds is 2. The normalized spacial score (nSPS) is 41.5. The average Bonchev–Trinajstić information content (AvgIpc) is 2.71. The van der Waals surface area contributed by atoms with Gasteiger partial charge in [-0.3, -0.25) is 0 Å². The number of fused-ring (bicyclic) bond motifs is 1. The van der Waals surface area contributed by atoms with Gasteiger partial charge in [-0.05, 0) is 25.7 Å². The standard InChI is InChI=1S/C10H17NO3S/c12-15(13,8-4-1-2-5-8)11-9-6-3-7-14-10(9)11/h8-10H,1-7H2/t9-,10+,11?/m0/s1. The lowest BCUT2D eigenvalue weighted by Gasteiger charge is -2.11. The molecule has 15 heavy (non-hydrogen) atoms. The molecule has 0 N–H and O–H groups in total. The minimum atomic E-state index is -3.04. The predicted octanol–water partition coefficient (Wildman–Crippen LogP) is 1.08. The molecule has 3 aliphatic rings. The molecule has 0 spiro atoms. The van der Waals surface area contributed by atoms with Crippen LogP contribution in [0.15, 0.2) is 0 Å². The van der Waals surface area contributed by atoms with Crippen LogP contribution in [0.5, 0.6) is 0 Å². The van der Waals surface area contributed by atoms with Crippen LogP contribution in [0.1, 0.15) is 38.5 Å². The number of sulfonamides is 1. The van der Waals surface area contributed by atoms with E-state index in [2.05, 4.69) is 0 Å². The summed E-state index contributed by atoms with van der Waals surface area (Å²) >= 11 is 0. The highest BCUT2D eigenvalue weighted by molar-refractivity contribution is 7.90. The Kier molecular flexibility index (Phi) is 2.30. The van der Waals surface area contributed by atoms with Gasteiger partial charge in [-0.15, -0.1) is 0 Å². The fourth-order valence-corrected chi connectivity index (χ4v) is 5.17.